The lowest BCUT2D eigenvalue weighted by Crippen LogP contribution is -2.71. The quantitative estimate of drug-likeness (QED) is 0.143. The Kier molecular flexibility index (Phi) is 12.0. The molecule has 7 rings (SSSR count). The van der Waals surface area contributed by atoms with Crippen LogP contribution in [-0.4, -0.2) is 134 Å². The lowest BCUT2D eigenvalue weighted by molar-refractivity contribution is -0.153. The Balaban J connectivity index is 1.05. The Bertz CT molecular complexity index is 2350. The van der Waals surface area contributed by atoms with Gasteiger partial charge >= 0.3 is 29.8 Å². The van der Waals surface area contributed by atoms with Crippen LogP contribution >= 0.6 is 23.5 Å². The van der Waals surface area contributed by atoms with Crippen LogP contribution in [0, 0.1) is 5.82 Å². The Morgan fingerprint density at radius 3 is 2.37 bits per heavy atom. The topological polar surface area (TPSA) is 208 Å². The summed E-state index contributed by atoms with van der Waals surface area (Å²) in [6, 6.07) is 7.14. The zero-order chi connectivity index (χ0) is 42.1. The number of hydrogen-bond acceptors (Lipinski definition) is 12. The number of aliphatic carboxylic acids is 1. The van der Waals surface area contributed by atoms with Gasteiger partial charge in [0.2, 0.25) is 11.3 Å². The van der Waals surface area contributed by atoms with Crippen LogP contribution in [0.2, 0.25) is 0 Å². The summed E-state index contributed by atoms with van der Waals surface area (Å²) in [7, 11) is 0. The third-order valence-corrected chi connectivity index (χ3v) is 12.9. The zero-order valence-corrected chi connectivity index (χ0v) is 33.6. The predicted octanol–water partition coefficient (Wildman–Crippen LogP) is 1.75. The number of benzene rings is 2. The third-order valence-electron chi connectivity index (χ3n) is 10.6. The van der Waals surface area contributed by atoms with E-state index in [4.69, 9.17) is 4.74 Å². The Morgan fingerprint density at radius 2 is 1.69 bits per heavy atom. The van der Waals surface area contributed by atoms with Crippen molar-refractivity contribution in [3.63, 3.8) is 0 Å². The molecule has 1 aromatic heterocycles. The number of carbonyl (C=O) groups excluding carboxylic acids is 6. The number of thioether (sulfide) groups is 2. The summed E-state index contributed by atoms with van der Waals surface area (Å²) in [4.78, 5) is 110. The lowest BCUT2D eigenvalue weighted by atomic mass is 10.0. The molecule has 59 heavy (non-hydrogen) atoms. The SMILES string of the molecule is CCN1CCN(C(=O)NC(C(=O)N[C@@H]2C(=O)N3C(C(=O)O)=C(COC(=O)c4cn(CC)c5cc(N6CCSCC6)c(F)cc5c4=O)CS[C@H]23)c2ccccc2)C(=O)C1=O. The second kappa shape index (κ2) is 17.1. The number of aryl methyl sites for hydroxylation is 1. The van der Waals surface area contributed by atoms with E-state index >= 15 is 4.39 Å². The van der Waals surface area contributed by atoms with Crippen LogP contribution in [0.15, 0.2) is 64.7 Å². The summed E-state index contributed by atoms with van der Waals surface area (Å²) in [6.45, 7) is 4.86. The second-order valence-corrected chi connectivity index (χ2v) is 16.3. The summed E-state index contributed by atoms with van der Waals surface area (Å²) < 4.78 is 22.5. The molecule has 4 aliphatic rings. The van der Waals surface area contributed by atoms with Crippen molar-refractivity contribution in [2.45, 2.75) is 37.8 Å². The number of carbonyl (C=O) groups is 7. The highest BCUT2D eigenvalue weighted by Gasteiger charge is 2.55. The fourth-order valence-electron chi connectivity index (χ4n) is 7.43. The summed E-state index contributed by atoms with van der Waals surface area (Å²) in [5.41, 5.74) is -0.384. The first-order chi connectivity index (χ1) is 28.3. The zero-order valence-electron chi connectivity index (χ0n) is 32.0. The summed E-state index contributed by atoms with van der Waals surface area (Å²) >= 11 is 2.87. The minimum absolute atomic E-state index is 0.0119. The van der Waals surface area contributed by atoms with Gasteiger partial charge in [0.1, 0.15) is 41.1 Å². The molecule has 0 radical (unpaired) electrons. The number of hydrogen-bond donors (Lipinski definition) is 3. The van der Waals surface area contributed by atoms with Crippen LogP contribution in [0.5, 0.6) is 0 Å². The number of anilines is 1. The molecule has 0 spiro atoms. The lowest BCUT2D eigenvalue weighted by Gasteiger charge is -2.49. The van der Waals surface area contributed by atoms with Gasteiger partial charge in [0, 0.05) is 73.7 Å². The number of halogens is 1. The molecule has 0 aliphatic carbocycles. The van der Waals surface area contributed by atoms with Crippen LogP contribution in [0.4, 0.5) is 14.9 Å². The third kappa shape index (κ3) is 7.85. The average Bonchev–Trinajstić information content (AvgIpc) is 3.24. The number of imide groups is 1. The maximum absolute atomic E-state index is 15.4. The number of rotatable bonds is 11. The molecule has 20 heteroatoms. The number of carboxylic acids is 1. The van der Waals surface area contributed by atoms with Gasteiger partial charge in [-0.05, 0) is 31.5 Å². The molecule has 0 bridgehead atoms. The molecule has 17 nitrogen and oxygen atoms in total. The molecule has 3 N–H and O–H groups in total. The van der Waals surface area contributed by atoms with Crippen molar-refractivity contribution in [2.24, 2.45) is 0 Å². The van der Waals surface area contributed by atoms with Gasteiger partial charge in [-0.15, -0.1) is 11.8 Å². The monoisotopic (exact) mass is 849 g/mol. The number of urea groups is 1. The molecule has 1 unspecified atom stereocenters. The minimum Gasteiger partial charge on any atom is -0.477 e. The standard InChI is InChI=1S/C39H40FN7O10S2/c1-3-43-10-11-46(35(52)34(43)51)39(56)42-28(21-8-6-5-7-9-21)32(49)41-29-33(50)47-30(37(53)54)22(20-59-36(29)47)19-57-38(55)24-18-44(4-2)26-17-27(45-12-14-58-15-13-45)25(40)16-23(26)31(24)48/h5-9,16-18,28-29,36H,3-4,10-15,19-20H2,1-2H3,(H,41,49)(H,42,56)(H,53,54)/t28?,29-,36-/m1/s1. The number of amides is 6. The van der Waals surface area contributed by atoms with Gasteiger partial charge in [-0.25, -0.2) is 18.8 Å². The van der Waals surface area contributed by atoms with E-state index in [1.54, 1.807) is 66.6 Å². The highest BCUT2D eigenvalue weighted by molar-refractivity contribution is 8.00. The van der Waals surface area contributed by atoms with E-state index in [1.807, 2.05) is 4.90 Å². The predicted molar refractivity (Wildman–Crippen MR) is 215 cm³/mol. The fraction of sp³-hybridized carbons (Fsp3) is 0.385. The van der Waals surface area contributed by atoms with Gasteiger partial charge in [0.25, 0.3) is 5.91 Å². The number of carboxylic acid groups (broad SMARTS) is 1. The Hall–Kier alpha value is -5.89. The molecule has 6 amide bonds. The van der Waals surface area contributed by atoms with Crippen LogP contribution in [0.3, 0.4) is 0 Å². The van der Waals surface area contributed by atoms with Gasteiger partial charge in [-0.2, -0.15) is 11.8 Å². The van der Waals surface area contributed by atoms with E-state index in [0.29, 0.717) is 41.3 Å². The van der Waals surface area contributed by atoms with E-state index < -0.39 is 82.6 Å². The van der Waals surface area contributed by atoms with Crippen molar-refractivity contribution >= 4 is 81.7 Å². The van der Waals surface area contributed by atoms with Crippen molar-refractivity contribution in [3.05, 3.63) is 87.1 Å². The van der Waals surface area contributed by atoms with E-state index in [1.165, 1.54) is 11.1 Å². The number of nitrogens with zero attached hydrogens (tertiary/aromatic N) is 5. The summed E-state index contributed by atoms with van der Waals surface area (Å²) in [5, 5.41) is 14.4. The van der Waals surface area contributed by atoms with Crippen LogP contribution < -0.4 is 21.0 Å². The number of nitrogens with one attached hydrogen (secondary N) is 2. The van der Waals surface area contributed by atoms with Gasteiger partial charge < -0.3 is 34.8 Å². The van der Waals surface area contributed by atoms with E-state index in [9.17, 15) is 43.5 Å². The van der Waals surface area contributed by atoms with Crippen molar-refractivity contribution in [1.82, 2.24) is 29.9 Å². The van der Waals surface area contributed by atoms with E-state index in [2.05, 4.69) is 10.6 Å². The smallest absolute Gasteiger partial charge is 0.352 e. The molecular weight excluding hydrogens is 810 g/mol. The molecule has 4 aliphatic heterocycles. The normalized spacial score (nSPS) is 19.9. The maximum Gasteiger partial charge on any atom is 0.352 e. The number of ether oxygens (including phenoxy) is 1. The number of pyridine rings is 1. The number of likely N-dealkylation sites (N-methyl/N-ethyl adjacent to an activating group) is 1. The van der Waals surface area contributed by atoms with Crippen molar-refractivity contribution in [3.8, 4) is 0 Å². The van der Waals surface area contributed by atoms with E-state index in [-0.39, 0.29) is 41.9 Å². The maximum atomic E-state index is 15.4. The van der Waals surface area contributed by atoms with Crippen molar-refractivity contribution < 1.29 is 47.8 Å². The molecule has 2 aromatic carbocycles. The van der Waals surface area contributed by atoms with Gasteiger partial charge in [0.15, 0.2) is 0 Å². The molecular formula is C39H40FN7O10S2. The number of aromatic nitrogens is 1. The van der Waals surface area contributed by atoms with E-state index in [0.717, 1.165) is 34.2 Å². The van der Waals surface area contributed by atoms with Crippen LogP contribution in [-0.2, 0) is 35.3 Å². The van der Waals surface area contributed by atoms with Crippen LogP contribution in [0.25, 0.3) is 10.9 Å². The van der Waals surface area contributed by atoms with Gasteiger partial charge in [0.05, 0.1) is 11.2 Å². The number of fused-ring (bicyclic) bond motifs is 2. The minimum atomic E-state index is -1.49. The molecule has 0 saturated carbocycles. The number of esters is 1. The van der Waals surface area contributed by atoms with Crippen LogP contribution in [0.1, 0.15) is 35.8 Å². The van der Waals surface area contributed by atoms with Gasteiger partial charge in [-0.1, -0.05) is 30.3 Å². The molecule has 3 aromatic rings. The first-order valence-corrected chi connectivity index (χ1v) is 21.1. The molecule has 3 atom stereocenters. The second-order valence-electron chi connectivity index (χ2n) is 13.9. The Labute approximate surface area is 344 Å². The molecule has 310 valence electrons. The van der Waals surface area contributed by atoms with Gasteiger partial charge in [-0.3, -0.25) is 33.8 Å². The first-order valence-electron chi connectivity index (χ1n) is 18.9. The number of piperazine rings is 1. The Morgan fingerprint density at radius 1 is 0.966 bits per heavy atom. The largest absolute Gasteiger partial charge is 0.477 e. The fourth-order valence-corrected chi connectivity index (χ4v) is 9.66. The highest BCUT2D eigenvalue weighted by atomic mass is 32.2. The number of β-lactam (4-membered cyclic amide) rings is 1. The van der Waals surface area contributed by atoms with Crippen molar-refractivity contribution in [2.75, 3.05) is 61.5 Å². The molecule has 3 saturated heterocycles. The average molecular weight is 850 g/mol. The summed E-state index contributed by atoms with van der Waals surface area (Å²) in [6.07, 6.45) is 1.33. The first kappa shape index (κ1) is 41.3. The molecule has 5 heterocycles. The molecule has 3 fully saturated rings. The summed E-state index contributed by atoms with van der Waals surface area (Å²) in [5.74, 6) is -5.01. The highest BCUT2D eigenvalue weighted by Crippen LogP contribution is 2.41. The van der Waals surface area contributed by atoms with Crippen molar-refractivity contribution in [1.29, 1.82) is 0 Å².